The van der Waals surface area contributed by atoms with Gasteiger partial charge in [0, 0.05) is 17.6 Å². The van der Waals surface area contributed by atoms with Gasteiger partial charge in [0.1, 0.15) is 0 Å². The van der Waals surface area contributed by atoms with Crippen molar-refractivity contribution in [3.05, 3.63) is 64.7 Å². The van der Waals surface area contributed by atoms with Gasteiger partial charge < -0.3 is 5.11 Å². The van der Waals surface area contributed by atoms with E-state index >= 15 is 0 Å². The first-order valence-corrected chi connectivity index (χ1v) is 8.72. The van der Waals surface area contributed by atoms with Crippen LogP contribution in [0.1, 0.15) is 17.2 Å². The lowest BCUT2D eigenvalue weighted by Crippen LogP contribution is -2.46. The number of benzene rings is 2. The molecule has 0 aromatic heterocycles. The molecule has 116 valence electrons. The van der Waals surface area contributed by atoms with Crippen LogP contribution in [0.2, 0.25) is 5.02 Å². The van der Waals surface area contributed by atoms with Crippen LogP contribution in [0, 0.1) is 0 Å². The van der Waals surface area contributed by atoms with E-state index in [1.165, 1.54) is 17.4 Å². The third-order valence-electron chi connectivity index (χ3n) is 4.06. The number of aliphatic hydroxyl groups excluding tert-OH is 1. The third kappa shape index (κ3) is 2.54. The van der Waals surface area contributed by atoms with E-state index in [1.807, 2.05) is 12.1 Å². The van der Waals surface area contributed by atoms with Crippen LogP contribution in [-0.2, 0) is 16.4 Å². The summed E-state index contributed by atoms with van der Waals surface area (Å²) < 4.78 is 26.5. The van der Waals surface area contributed by atoms with E-state index in [0.29, 0.717) is 17.0 Å². The lowest BCUT2D eigenvalue weighted by molar-refractivity contribution is 0.0892. The summed E-state index contributed by atoms with van der Waals surface area (Å²) in [5, 5.41) is 11.2. The molecule has 0 bridgehead atoms. The summed E-state index contributed by atoms with van der Waals surface area (Å²) in [4.78, 5) is 0.173. The van der Waals surface area contributed by atoms with Crippen LogP contribution in [0.25, 0.3) is 0 Å². The first-order valence-electron chi connectivity index (χ1n) is 6.91. The molecule has 0 fully saturated rings. The highest BCUT2D eigenvalue weighted by atomic mass is 35.5. The van der Waals surface area contributed by atoms with Gasteiger partial charge in [0.25, 0.3) is 0 Å². The Morgan fingerprint density at radius 1 is 1.18 bits per heavy atom. The molecule has 2 aromatic carbocycles. The van der Waals surface area contributed by atoms with Crippen LogP contribution in [-0.4, -0.2) is 30.9 Å². The lowest BCUT2D eigenvalue weighted by atomic mass is 9.96. The maximum atomic E-state index is 12.6. The molecular formula is C16H16ClNO3S. The molecule has 0 aliphatic carbocycles. The molecule has 1 aliphatic heterocycles. The van der Waals surface area contributed by atoms with Crippen molar-refractivity contribution in [1.82, 2.24) is 4.31 Å². The Balaban J connectivity index is 2.03. The van der Waals surface area contributed by atoms with Gasteiger partial charge >= 0.3 is 0 Å². The fraction of sp³-hybridized carbons (Fsp3) is 0.250. The van der Waals surface area contributed by atoms with Crippen molar-refractivity contribution in [2.24, 2.45) is 0 Å². The quantitative estimate of drug-likeness (QED) is 0.916. The average Bonchev–Trinajstić information content (AvgIpc) is 2.50. The molecule has 1 aliphatic rings. The van der Waals surface area contributed by atoms with E-state index in [9.17, 15) is 13.5 Å². The Hall–Kier alpha value is -1.40. The zero-order valence-electron chi connectivity index (χ0n) is 12.0. The van der Waals surface area contributed by atoms with Crippen LogP contribution in [0.5, 0.6) is 0 Å². The zero-order chi connectivity index (χ0) is 15.9. The summed E-state index contributed by atoms with van der Waals surface area (Å²) in [7, 11) is -2.09. The Morgan fingerprint density at radius 2 is 1.91 bits per heavy atom. The summed E-state index contributed by atoms with van der Waals surface area (Å²) >= 11 is 5.98. The molecule has 0 saturated heterocycles. The first-order chi connectivity index (χ1) is 10.4. The highest BCUT2D eigenvalue weighted by Gasteiger charge is 2.41. The number of halogens is 1. The van der Waals surface area contributed by atoms with Gasteiger partial charge in [-0.15, -0.1) is 0 Å². The summed E-state index contributed by atoms with van der Waals surface area (Å²) in [6, 6.07) is 13.3. The van der Waals surface area contributed by atoms with Gasteiger partial charge in [-0.25, -0.2) is 8.42 Å². The topological polar surface area (TPSA) is 57.6 Å². The highest BCUT2D eigenvalue weighted by molar-refractivity contribution is 7.89. The molecule has 1 heterocycles. The smallest absolute Gasteiger partial charge is 0.243 e. The SMILES string of the molecule is CN1[C@@H](Cc2cccc(Cl)c2)[C@@H](O)c2ccccc2S1(=O)=O. The van der Waals surface area contributed by atoms with Crippen molar-refractivity contribution in [2.75, 3.05) is 7.05 Å². The van der Waals surface area contributed by atoms with E-state index in [4.69, 9.17) is 11.6 Å². The molecule has 0 unspecified atom stereocenters. The van der Waals surface area contributed by atoms with Crippen molar-refractivity contribution < 1.29 is 13.5 Å². The number of nitrogens with zero attached hydrogens (tertiary/aromatic N) is 1. The molecule has 0 amide bonds. The second-order valence-corrected chi connectivity index (χ2v) is 7.81. The number of hydrogen-bond donors (Lipinski definition) is 1. The van der Waals surface area contributed by atoms with Crippen molar-refractivity contribution in [3.63, 3.8) is 0 Å². The summed E-state index contributed by atoms with van der Waals surface area (Å²) in [6.45, 7) is 0. The predicted molar refractivity (Wildman–Crippen MR) is 85.3 cm³/mol. The number of hydrogen-bond acceptors (Lipinski definition) is 3. The molecule has 3 rings (SSSR count). The van der Waals surface area contributed by atoms with E-state index in [0.717, 1.165) is 5.56 Å². The molecule has 22 heavy (non-hydrogen) atoms. The van der Waals surface area contributed by atoms with E-state index < -0.39 is 22.2 Å². The largest absolute Gasteiger partial charge is 0.387 e. The summed E-state index contributed by atoms with van der Waals surface area (Å²) in [5.41, 5.74) is 1.34. The number of likely N-dealkylation sites (N-methyl/N-ethyl adjacent to an activating group) is 1. The van der Waals surface area contributed by atoms with Crippen LogP contribution in [0.15, 0.2) is 53.4 Å². The number of rotatable bonds is 2. The maximum Gasteiger partial charge on any atom is 0.243 e. The molecule has 1 N–H and O–H groups in total. The summed E-state index contributed by atoms with van der Waals surface area (Å²) in [5.74, 6) is 0. The van der Waals surface area contributed by atoms with E-state index in [-0.39, 0.29) is 4.90 Å². The summed E-state index contributed by atoms with van der Waals surface area (Å²) in [6.07, 6.45) is -0.477. The maximum absolute atomic E-state index is 12.6. The molecule has 2 atom stereocenters. The van der Waals surface area contributed by atoms with E-state index in [1.54, 1.807) is 30.3 Å². The van der Waals surface area contributed by atoms with Gasteiger partial charge in [0.05, 0.1) is 17.0 Å². The van der Waals surface area contributed by atoms with Crippen molar-refractivity contribution in [3.8, 4) is 0 Å². The predicted octanol–water partition coefficient (Wildman–Crippen LogP) is 2.62. The van der Waals surface area contributed by atoms with Crippen LogP contribution in [0.3, 0.4) is 0 Å². The molecule has 0 saturated carbocycles. The Labute approximate surface area is 135 Å². The second-order valence-electron chi connectivity index (χ2n) is 5.41. The first kappa shape index (κ1) is 15.5. The number of fused-ring (bicyclic) bond motifs is 1. The average molecular weight is 338 g/mol. The van der Waals surface area contributed by atoms with E-state index in [2.05, 4.69) is 0 Å². The highest BCUT2D eigenvalue weighted by Crippen LogP contribution is 2.37. The molecule has 6 heteroatoms. The molecule has 2 aromatic rings. The van der Waals surface area contributed by atoms with Crippen LogP contribution in [0.4, 0.5) is 0 Å². The third-order valence-corrected chi connectivity index (χ3v) is 6.25. The van der Waals surface area contributed by atoms with Crippen molar-refractivity contribution in [2.45, 2.75) is 23.5 Å². The van der Waals surface area contributed by atoms with Crippen molar-refractivity contribution >= 4 is 21.6 Å². The molecule has 0 radical (unpaired) electrons. The Morgan fingerprint density at radius 3 is 2.64 bits per heavy atom. The monoisotopic (exact) mass is 337 g/mol. The van der Waals surface area contributed by atoms with Gasteiger partial charge in [-0.05, 0) is 30.2 Å². The fourth-order valence-corrected chi connectivity index (χ4v) is 4.65. The van der Waals surface area contributed by atoms with Crippen LogP contribution < -0.4 is 0 Å². The van der Waals surface area contributed by atoms with Crippen molar-refractivity contribution in [1.29, 1.82) is 0 Å². The number of aliphatic hydroxyl groups is 1. The minimum atomic E-state index is -3.59. The van der Waals surface area contributed by atoms with Gasteiger partial charge in [-0.2, -0.15) is 4.31 Å². The minimum Gasteiger partial charge on any atom is -0.387 e. The molecular weight excluding hydrogens is 322 g/mol. The molecule has 0 spiro atoms. The second kappa shape index (κ2) is 5.66. The van der Waals surface area contributed by atoms with Gasteiger partial charge in [-0.1, -0.05) is 41.9 Å². The van der Waals surface area contributed by atoms with Crippen LogP contribution >= 0.6 is 11.6 Å². The van der Waals surface area contributed by atoms with Gasteiger partial charge in [0.15, 0.2) is 0 Å². The fourth-order valence-electron chi connectivity index (χ4n) is 2.84. The Bertz CT molecular complexity index is 807. The standard InChI is InChI=1S/C16H16ClNO3S/c1-18-14(10-11-5-4-6-12(17)9-11)16(19)13-7-2-3-8-15(13)22(18,20)21/h2-9,14,16,19H,10H2,1H3/t14-,16-/m0/s1. The normalized spacial score (nSPS) is 24.0. The van der Waals surface area contributed by atoms with Gasteiger partial charge in [0.2, 0.25) is 10.0 Å². The zero-order valence-corrected chi connectivity index (χ0v) is 13.6. The Kier molecular flexibility index (Phi) is 3.99. The number of sulfonamides is 1. The molecule has 4 nitrogen and oxygen atoms in total. The lowest BCUT2D eigenvalue weighted by Gasteiger charge is -2.37. The van der Waals surface area contributed by atoms with Gasteiger partial charge in [-0.3, -0.25) is 0 Å². The minimum absolute atomic E-state index is 0.173.